The molecule has 4 heteroatoms. The van der Waals surface area contributed by atoms with Gasteiger partial charge in [0.15, 0.2) is 5.78 Å². The Bertz CT molecular complexity index is 1020. The van der Waals surface area contributed by atoms with Crippen molar-refractivity contribution in [2.75, 3.05) is 6.61 Å². The SMILES string of the molecule is CC1(C)CCC2C(=O)C[C@@H]3[C@@]4(C)C=C(C#N)C(=O)C(C)(C)[C@@H]4CC[C@@]3(C)[C@]2(C)CC[C@@](C)(CO)CC1. The van der Waals surface area contributed by atoms with Gasteiger partial charge in [-0.25, -0.2) is 0 Å². The summed E-state index contributed by atoms with van der Waals surface area (Å²) in [5.41, 5.74) is -0.942. The summed E-state index contributed by atoms with van der Waals surface area (Å²) in [5, 5.41) is 20.3. The third kappa shape index (κ3) is 3.86. The van der Waals surface area contributed by atoms with Crippen LogP contribution < -0.4 is 0 Å². The van der Waals surface area contributed by atoms with Gasteiger partial charge < -0.3 is 5.11 Å². The highest BCUT2D eigenvalue weighted by Gasteiger charge is 2.68. The Hall–Kier alpha value is -1.47. The summed E-state index contributed by atoms with van der Waals surface area (Å²) in [4.78, 5) is 27.3. The van der Waals surface area contributed by atoms with E-state index in [-0.39, 0.29) is 62.8 Å². The van der Waals surface area contributed by atoms with E-state index in [4.69, 9.17) is 0 Å². The lowest BCUT2D eigenvalue weighted by molar-refractivity contribution is -0.192. The minimum atomic E-state index is -0.605. The highest BCUT2D eigenvalue weighted by Crippen LogP contribution is 2.72. The molecular weight excluding hydrogens is 446 g/mol. The summed E-state index contributed by atoms with van der Waals surface area (Å²) in [5.74, 6) is 0.593. The van der Waals surface area contributed by atoms with Gasteiger partial charge in [0.25, 0.3) is 0 Å². The molecule has 0 aliphatic heterocycles. The minimum absolute atomic E-state index is 0.0249. The Morgan fingerprint density at radius 3 is 2.11 bits per heavy atom. The van der Waals surface area contributed by atoms with Gasteiger partial charge in [-0.2, -0.15) is 5.26 Å². The number of hydrogen-bond acceptors (Lipinski definition) is 4. The van der Waals surface area contributed by atoms with Gasteiger partial charge in [0.1, 0.15) is 11.9 Å². The molecule has 4 aliphatic rings. The van der Waals surface area contributed by atoms with E-state index in [1.54, 1.807) is 0 Å². The lowest BCUT2D eigenvalue weighted by atomic mass is 9.35. The van der Waals surface area contributed by atoms with Gasteiger partial charge in [-0.1, -0.05) is 61.5 Å². The van der Waals surface area contributed by atoms with Crippen molar-refractivity contribution < 1.29 is 14.7 Å². The molecule has 36 heavy (non-hydrogen) atoms. The number of carbonyl (C=O) groups excluding carboxylic acids is 2. The lowest BCUT2D eigenvalue weighted by Crippen LogP contribution is -2.65. The van der Waals surface area contributed by atoms with Gasteiger partial charge in [0.05, 0.1) is 5.57 Å². The number of hydrogen-bond donors (Lipinski definition) is 1. The zero-order valence-electron chi connectivity index (χ0n) is 24.1. The number of ketones is 2. The first kappa shape index (κ1) is 27.6. The van der Waals surface area contributed by atoms with Gasteiger partial charge in [0.2, 0.25) is 0 Å². The second-order valence-corrected chi connectivity index (χ2v) is 15.5. The maximum Gasteiger partial charge on any atom is 0.178 e. The van der Waals surface area contributed by atoms with E-state index in [1.807, 2.05) is 19.9 Å². The molecule has 4 aliphatic carbocycles. The first-order chi connectivity index (χ1) is 16.5. The van der Waals surface area contributed by atoms with E-state index in [9.17, 15) is 20.0 Å². The summed E-state index contributed by atoms with van der Waals surface area (Å²) >= 11 is 0. The predicted octanol–water partition coefficient (Wildman–Crippen LogP) is 7.06. The van der Waals surface area contributed by atoms with Crippen LogP contribution in [0.1, 0.15) is 113 Å². The fourth-order valence-corrected chi connectivity index (χ4v) is 9.47. The van der Waals surface area contributed by atoms with Gasteiger partial charge in [-0.05, 0) is 90.3 Å². The molecule has 0 saturated heterocycles. The molecule has 0 spiro atoms. The molecule has 4 rings (SSSR count). The van der Waals surface area contributed by atoms with Gasteiger partial charge in [-0.15, -0.1) is 0 Å². The van der Waals surface area contributed by atoms with Gasteiger partial charge >= 0.3 is 0 Å². The Morgan fingerprint density at radius 2 is 1.50 bits per heavy atom. The van der Waals surface area contributed by atoms with Crippen molar-refractivity contribution in [1.82, 2.24) is 0 Å². The molecule has 1 N–H and O–H groups in total. The third-order valence-electron chi connectivity index (χ3n) is 12.5. The van der Waals surface area contributed by atoms with Crippen molar-refractivity contribution in [1.29, 1.82) is 5.26 Å². The molecule has 4 nitrogen and oxygen atoms in total. The molecule has 0 aromatic rings. The maximum absolute atomic E-state index is 14.1. The summed E-state index contributed by atoms with van der Waals surface area (Å²) < 4.78 is 0. The van der Waals surface area contributed by atoms with Crippen LogP contribution in [0.5, 0.6) is 0 Å². The van der Waals surface area contributed by atoms with Crippen molar-refractivity contribution in [3.8, 4) is 6.07 Å². The maximum atomic E-state index is 14.1. The Balaban J connectivity index is 1.85. The molecule has 3 fully saturated rings. The fraction of sp³-hybridized carbons (Fsp3) is 0.844. The number of allylic oxidation sites excluding steroid dienone is 2. The number of aliphatic hydroxyl groups is 1. The van der Waals surface area contributed by atoms with Crippen LogP contribution in [0, 0.1) is 61.6 Å². The van der Waals surface area contributed by atoms with Crippen LogP contribution in [0.4, 0.5) is 0 Å². The molecule has 0 bridgehead atoms. The highest BCUT2D eigenvalue weighted by atomic mass is 16.3. The van der Waals surface area contributed by atoms with E-state index >= 15 is 0 Å². The lowest BCUT2D eigenvalue weighted by Gasteiger charge is -2.68. The molecule has 0 amide bonds. The van der Waals surface area contributed by atoms with Crippen molar-refractivity contribution >= 4 is 11.6 Å². The standard InChI is InChI=1S/C32H49NO3/c1-27(2)11-9-22-23(35)17-25-30(6)18-21(19-33)26(36)28(3,4)24(30)10-12-32(25,8)31(22,7)16-15-29(5,20-34)14-13-27/h18,22,24-25,34H,9-17,20H2,1-8H3/t22?,24-,25+,29-,30-,31+,32+/m0/s1. The van der Waals surface area contributed by atoms with Crippen LogP contribution in [0.2, 0.25) is 0 Å². The van der Waals surface area contributed by atoms with Gasteiger partial charge in [0, 0.05) is 24.4 Å². The summed E-state index contributed by atoms with van der Waals surface area (Å²) in [6, 6.07) is 2.21. The average molecular weight is 496 g/mol. The molecule has 0 aromatic heterocycles. The normalized spacial score (nSPS) is 46.4. The second-order valence-electron chi connectivity index (χ2n) is 15.5. The van der Waals surface area contributed by atoms with E-state index in [1.165, 1.54) is 0 Å². The summed E-state index contributed by atoms with van der Waals surface area (Å²) in [6.07, 6.45) is 10.4. The van der Waals surface area contributed by atoms with Crippen molar-refractivity contribution in [2.45, 2.75) is 113 Å². The number of Topliss-reactive ketones (excluding diaryl/α,β-unsaturated/α-hetero) is 2. The predicted molar refractivity (Wildman–Crippen MR) is 143 cm³/mol. The highest BCUT2D eigenvalue weighted by molar-refractivity contribution is 6.04. The minimum Gasteiger partial charge on any atom is -0.396 e. The Morgan fingerprint density at radius 1 is 0.861 bits per heavy atom. The smallest absolute Gasteiger partial charge is 0.178 e. The quantitative estimate of drug-likeness (QED) is 0.422. The number of nitriles is 1. The van der Waals surface area contributed by atoms with E-state index < -0.39 is 5.41 Å². The number of carbonyl (C=O) groups is 2. The van der Waals surface area contributed by atoms with Crippen LogP contribution in [0.25, 0.3) is 0 Å². The summed E-state index contributed by atoms with van der Waals surface area (Å²) in [6.45, 7) is 18.1. The molecule has 7 atom stereocenters. The van der Waals surface area contributed by atoms with Crippen LogP contribution in [0.3, 0.4) is 0 Å². The van der Waals surface area contributed by atoms with Crippen molar-refractivity contribution in [2.24, 2.45) is 50.2 Å². The number of fused-ring (bicyclic) bond motifs is 5. The van der Waals surface area contributed by atoms with E-state index in [0.29, 0.717) is 12.2 Å². The molecule has 3 saturated carbocycles. The Kier molecular flexibility index (Phi) is 6.52. The number of nitrogens with zero attached hydrogens (tertiary/aromatic N) is 1. The molecule has 0 heterocycles. The molecule has 200 valence electrons. The topological polar surface area (TPSA) is 78.2 Å². The average Bonchev–Trinajstić information content (AvgIpc) is 2.80. The number of rotatable bonds is 1. The van der Waals surface area contributed by atoms with Crippen molar-refractivity contribution in [3.05, 3.63) is 11.6 Å². The monoisotopic (exact) mass is 495 g/mol. The second kappa shape index (κ2) is 8.52. The van der Waals surface area contributed by atoms with Gasteiger partial charge in [-0.3, -0.25) is 9.59 Å². The zero-order valence-corrected chi connectivity index (χ0v) is 24.1. The molecule has 1 unspecified atom stereocenters. The van der Waals surface area contributed by atoms with E-state index in [2.05, 4.69) is 47.6 Å². The first-order valence-corrected chi connectivity index (χ1v) is 14.3. The van der Waals surface area contributed by atoms with Crippen molar-refractivity contribution in [3.63, 3.8) is 0 Å². The van der Waals surface area contributed by atoms with Crippen LogP contribution in [-0.2, 0) is 9.59 Å². The molecule has 0 radical (unpaired) electrons. The number of aliphatic hydroxyl groups excluding tert-OH is 1. The van der Waals surface area contributed by atoms with Crippen LogP contribution in [0.15, 0.2) is 11.6 Å². The third-order valence-corrected chi connectivity index (χ3v) is 12.5. The fourth-order valence-electron chi connectivity index (χ4n) is 9.47. The van der Waals surface area contributed by atoms with Crippen LogP contribution >= 0.6 is 0 Å². The Labute approximate surface area is 219 Å². The molecular formula is C32H49NO3. The largest absolute Gasteiger partial charge is 0.396 e. The zero-order chi connectivity index (χ0) is 26.9. The van der Waals surface area contributed by atoms with Crippen LogP contribution in [-0.4, -0.2) is 23.3 Å². The summed E-state index contributed by atoms with van der Waals surface area (Å²) in [7, 11) is 0. The van der Waals surface area contributed by atoms with E-state index in [0.717, 1.165) is 51.4 Å². The first-order valence-electron chi connectivity index (χ1n) is 14.3. The molecule has 0 aromatic carbocycles.